The SMILES string of the molecule is CC(=O)c1cc(Oc2ccc3nc(NC4CCCCC4O)sc3c2)ccn1.Cn1cc(-c2cc(Oc3ccc4nc(NC5CCCCC5O)sc4c3)ccn2)cn1. The number of Topliss-reactive ketones (excluding diaryl/α,β-unsaturated/α-hetero) is 1. The van der Waals surface area contributed by atoms with Crippen LogP contribution in [0.1, 0.15) is 68.8 Å². The summed E-state index contributed by atoms with van der Waals surface area (Å²) in [5.74, 6) is 2.62. The Morgan fingerprint density at radius 2 is 1.25 bits per heavy atom. The summed E-state index contributed by atoms with van der Waals surface area (Å²) in [6, 6.07) is 18.8. The highest BCUT2D eigenvalue weighted by molar-refractivity contribution is 7.22. The minimum atomic E-state index is -0.313. The van der Waals surface area contributed by atoms with Crippen molar-refractivity contribution in [3.05, 3.63) is 91.1 Å². The van der Waals surface area contributed by atoms with E-state index in [-0.39, 0.29) is 30.1 Å². The summed E-state index contributed by atoms with van der Waals surface area (Å²) >= 11 is 3.13. The number of anilines is 2. The van der Waals surface area contributed by atoms with Crippen LogP contribution in [0.4, 0.5) is 10.3 Å². The smallest absolute Gasteiger partial charge is 0.184 e. The lowest BCUT2D eigenvalue weighted by atomic mass is 9.93. The molecular formula is C42H44N8O5S2. The summed E-state index contributed by atoms with van der Waals surface area (Å²) in [7, 11) is 1.88. The van der Waals surface area contributed by atoms with Gasteiger partial charge in [-0.05, 0) is 62.1 Å². The van der Waals surface area contributed by atoms with Gasteiger partial charge < -0.3 is 30.3 Å². The number of aliphatic hydroxyl groups excluding tert-OH is 2. The van der Waals surface area contributed by atoms with Gasteiger partial charge in [-0.2, -0.15) is 5.10 Å². The van der Waals surface area contributed by atoms with Crippen LogP contribution >= 0.6 is 22.7 Å². The molecule has 0 bridgehead atoms. The predicted octanol–water partition coefficient (Wildman–Crippen LogP) is 9.00. The van der Waals surface area contributed by atoms with Crippen LogP contribution in [0.2, 0.25) is 0 Å². The number of thiazole rings is 2. The second kappa shape index (κ2) is 17.3. The number of nitrogens with one attached hydrogen (secondary N) is 2. The van der Waals surface area contributed by atoms with Crippen molar-refractivity contribution >= 4 is 59.2 Å². The molecule has 2 aromatic carbocycles. The molecular weight excluding hydrogens is 761 g/mol. The number of fused-ring (bicyclic) bond motifs is 2. The Morgan fingerprint density at radius 3 is 1.77 bits per heavy atom. The first-order valence-electron chi connectivity index (χ1n) is 19.2. The first-order valence-corrected chi connectivity index (χ1v) is 20.8. The van der Waals surface area contributed by atoms with Gasteiger partial charge in [0.2, 0.25) is 0 Å². The summed E-state index contributed by atoms with van der Waals surface area (Å²) in [5.41, 5.74) is 3.95. The Kier molecular flexibility index (Phi) is 11.7. The second-order valence-corrected chi connectivity index (χ2v) is 16.5. The number of carbonyl (C=O) groups is 1. The van der Waals surface area contributed by atoms with Crippen LogP contribution in [0.15, 0.2) is 85.5 Å². The van der Waals surface area contributed by atoms with Crippen LogP contribution in [-0.2, 0) is 7.05 Å². The van der Waals surface area contributed by atoms with E-state index in [1.54, 1.807) is 58.1 Å². The van der Waals surface area contributed by atoms with E-state index in [1.807, 2.05) is 61.8 Å². The zero-order valence-corrected chi connectivity index (χ0v) is 33.3. The van der Waals surface area contributed by atoms with E-state index in [0.29, 0.717) is 17.2 Å². The lowest BCUT2D eigenvalue weighted by Gasteiger charge is -2.27. The zero-order valence-electron chi connectivity index (χ0n) is 31.7. The summed E-state index contributed by atoms with van der Waals surface area (Å²) in [4.78, 5) is 29.2. The normalized spacial score (nSPS) is 19.4. The Balaban J connectivity index is 0.000000161. The van der Waals surface area contributed by atoms with E-state index in [0.717, 1.165) is 105 Å². The Labute approximate surface area is 337 Å². The third-order valence-electron chi connectivity index (χ3n) is 10.1. The molecule has 294 valence electrons. The molecule has 5 aromatic heterocycles. The maximum absolute atomic E-state index is 11.5. The van der Waals surface area contributed by atoms with E-state index in [1.165, 1.54) is 6.92 Å². The van der Waals surface area contributed by atoms with E-state index in [2.05, 4.69) is 35.7 Å². The number of carbonyl (C=O) groups excluding carboxylic acids is 1. The fourth-order valence-corrected chi connectivity index (χ4v) is 8.97. The second-order valence-electron chi connectivity index (χ2n) is 14.4. The molecule has 15 heteroatoms. The van der Waals surface area contributed by atoms with Crippen LogP contribution in [0, 0.1) is 0 Å². The number of rotatable bonds is 10. The van der Waals surface area contributed by atoms with Gasteiger partial charge in [0, 0.05) is 62.4 Å². The van der Waals surface area contributed by atoms with Gasteiger partial charge >= 0.3 is 0 Å². The standard InChI is InChI=1S/C22H23N5O2S.C20H21N3O3S/c1-27-13-14(12-24-27)19-10-16(8-9-23-19)29-15-6-7-18-21(11-15)30-22(26-18)25-17-4-2-3-5-20(17)28;1-12(24)17-10-14(8-9-21-17)26-13-6-7-16-19(11-13)27-20(23-16)22-15-4-2-3-5-18(15)25/h6-13,17,20,28H,2-5H2,1H3,(H,25,26);6-11,15,18,25H,2-5H2,1H3,(H,22,23). The first-order chi connectivity index (χ1) is 27.7. The number of benzene rings is 2. The topological polar surface area (TPSA) is 169 Å². The number of nitrogens with zero attached hydrogens (tertiary/aromatic N) is 6. The maximum atomic E-state index is 11.5. The molecule has 0 aliphatic heterocycles. The summed E-state index contributed by atoms with van der Waals surface area (Å²) < 4.78 is 15.8. The maximum Gasteiger partial charge on any atom is 0.184 e. The molecule has 2 saturated carbocycles. The first kappa shape index (κ1) is 38.4. The highest BCUT2D eigenvalue weighted by Gasteiger charge is 2.25. The Hall–Kier alpha value is -5.48. The van der Waals surface area contributed by atoms with Gasteiger partial charge in [-0.15, -0.1) is 0 Å². The highest BCUT2D eigenvalue weighted by Crippen LogP contribution is 2.35. The van der Waals surface area contributed by atoms with Crippen LogP contribution < -0.4 is 20.1 Å². The monoisotopic (exact) mass is 804 g/mol. The van der Waals surface area contributed by atoms with Gasteiger partial charge in [0.05, 0.1) is 56.6 Å². The molecule has 13 nitrogen and oxygen atoms in total. The molecule has 2 aliphatic rings. The number of pyridine rings is 2. The van der Waals surface area contributed by atoms with Crippen LogP contribution in [0.25, 0.3) is 31.7 Å². The Bertz CT molecular complexity index is 2480. The van der Waals surface area contributed by atoms with E-state index in [4.69, 9.17) is 9.47 Å². The average molecular weight is 805 g/mol. The van der Waals surface area contributed by atoms with Crippen molar-refractivity contribution in [3.8, 4) is 34.3 Å². The number of aromatic nitrogens is 6. The fraction of sp³-hybridized carbons (Fsp3) is 0.333. The van der Waals surface area contributed by atoms with Gasteiger partial charge in [0.15, 0.2) is 16.0 Å². The molecule has 4 N–H and O–H groups in total. The molecule has 0 spiro atoms. The molecule has 0 radical (unpaired) electrons. The van der Waals surface area contributed by atoms with E-state index in [9.17, 15) is 15.0 Å². The lowest BCUT2D eigenvalue weighted by Crippen LogP contribution is -2.36. The Morgan fingerprint density at radius 1 is 0.719 bits per heavy atom. The molecule has 7 aromatic rings. The predicted molar refractivity (Wildman–Crippen MR) is 224 cm³/mol. The van der Waals surface area contributed by atoms with Crippen molar-refractivity contribution < 1.29 is 24.5 Å². The van der Waals surface area contributed by atoms with Crippen molar-refractivity contribution in [1.29, 1.82) is 0 Å². The third kappa shape index (κ3) is 9.56. The van der Waals surface area contributed by atoms with Crippen molar-refractivity contribution in [3.63, 3.8) is 0 Å². The third-order valence-corrected chi connectivity index (χ3v) is 12.0. The van der Waals surface area contributed by atoms with E-state index >= 15 is 0 Å². The van der Waals surface area contributed by atoms with Crippen LogP contribution in [-0.4, -0.2) is 70.0 Å². The van der Waals surface area contributed by atoms with Gasteiger partial charge in [0.1, 0.15) is 28.7 Å². The number of hydrogen-bond donors (Lipinski definition) is 4. The summed E-state index contributed by atoms with van der Waals surface area (Å²) in [6.07, 6.45) is 14.5. The molecule has 0 saturated heterocycles. The molecule has 0 amide bonds. The van der Waals surface area contributed by atoms with Crippen molar-refractivity contribution in [2.45, 2.75) is 82.6 Å². The number of aliphatic hydroxyl groups is 2. The molecule has 9 rings (SSSR count). The summed E-state index contributed by atoms with van der Waals surface area (Å²) in [6.45, 7) is 1.48. The van der Waals surface area contributed by atoms with Gasteiger partial charge in [-0.1, -0.05) is 48.4 Å². The summed E-state index contributed by atoms with van der Waals surface area (Å²) in [5, 5.41) is 33.0. The van der Waals surface area contributed by atoms with Gasteiger partial charge in [0.25, 0.3) is 0 Å². The molecule has 2 fully saturated rings. The van der Waals surface area contributed by atoms with Gasteiger partial charge in [-0.25, -0.2) is 9.97 Å². The van der Waals surface area contributed by atoms with Crippen LogP contribution in [0.5, 0.6) is 23.0 Å². The quantitative estimate of drug-likeness (QED) is 0.0970. The minimum Gasteiger partial charge on any atom is -0.457 e. The van der Waals surface area contributed by atoms with Crippen LogP contribution in [0.3, 0.4) is 0 Å². The fourth-order valence-electron chi connectivity index (χ4n) is 7.06. The van der Waals surface area contributed by atoms with Crippen molar-refractivity contribution in [2.75, 3.05) is 10.6 Å². The highest BCUT2D eigenvalue weighted by atomic mass is 32.1. The number of ketones is 1. The lowest BCUT2D eigenvalue weighted by molar-refractivity contribution is 0.101. The molecule has 4 unspecified atom stereocenters. The van der Waals surface area contributed by atoms with Crippen molar-refractivity contribution in [1.82, 2.24) is 29.7 Å². The number of ether oxygens (including phenoxy) is 2. The van der Waals surface area contributed by atoms with E-state index < -0.39 is 0 Å². The van der Waals surface area contributed by atoms with Crippen molar-refractivity contribution in [2.24, 2.45) is 7.05 Å². The number of hydrogen-bond acceptors (Lipinski definition) is 14. The van der Waals surface area contributed by atoms with Gasteiger partial charge in [-0.3, -0.25) is 19.4 Å². The molecule has 2 aliphatic carbocycles. The largest absolute Gasteiger partial charge is 0.457 e. The minimum absolute atomic E-state index is 0.0665. The number of aryl methyl sites for hydroxylation is 1. The molecule has 5 heterocycles. The average Bonchev–Trinajstić information content (AvgIpc) is 3.94. The molecule has 57 heavy (non-hydrogen) atoms. The zero-order chi connectivity index (χ0) is 39.3. The molecule has 4 atom stereocenters.